The third-order valence-electron chi connectivity index (χ3n) is 3.82. The SMILES string of the molecule is Cc1c(C)c(Cl)c2c(c1Cl)O[P+]1(O2)Oc2c(Cl)c(Cl)c(Cl)c(Cl)c2O1. The van der Waals surface area contributed by atoms with Crippen LogP contribution in [0.5, 0.6) is 23.0 Å². The van der Waals surface area contributed by atoms with Gasteiger partial charge in [-0.1, -0.05) is 69.6 Å². The lowest BCUT2D eigenvalue weighted by Crippen LogP contribution is -2.10. The average Bonchev–Trinajstić information content (AvgIpc) is 3.16. The third kappa shape index (κ3) is 2.46. The molecule has 2 aliphatic rings. The second-order valence-electron chi connectivity index (χ2n) is 5.26. The largest absolute Gasteiger partial charge is 0.767 e. The Morgan fingerprint density at radius 1 is 0.480 bits per heavy atom. The van der Waals surface area contributed by atoms with Gasteiger partial charge in [0.25, 0.3) is 23.0 Å². The molecule has 0 saturated carbocycles. The van der Waals surface area contributed by atoms with Crippen LogP contribution in [0.1, 0.15) is 11.1 Å². The van der Waals surface area contributed by atoms with Crippen molar-refractivity contribution < 1.29 is 18.1 Å². The fraction of sp³-hybridized carbons (Fsp3) is 0.143. The van der Waals surface area contributed by atoms with Crippen molar-refractivity contribution >= 4 is 77.8 Å². The van der Waals surface area contributed by atoms with Crippen LogP contribution in [0, 0.1) is 13.8 Å². The molecule has 0 N–H and O–H groups in total. The maximum atomic E-state index is 6.35. The van der Waals surface area contributed by atoms with Crippen molar-refractivity contribution in [3.8, 4) is 23.0 Å². The van der Waals surface area contributed by atoms with Crippen LogP contribution in [-0.4, -0.2) is 0 Å². The normalized spacial score (nSPS) is 16.0. The minimum atomic E-state index is -3.40. The third-order valence-corrected chi connectivity index (χ3v) is 8.12. The monoisotopic (exact) mass is 479 g/mol. The predicted molar refractivity (Wildman–Crippen MR) is 102 cm³/mol. The molecular formula is C14H6Cl6O4P+. The zero-order chi connectivity index (χ0) is 18.3. The van der Waals surface area contributed by atoms with Crippen molar-refractivity contribution in [3.63, 3.8) is 0 Å². The maximum Gasteiger partial charge on any atom is 0.767 e. The molecule has 0 saturated heterocycles. The van der Waals surface area contributed by atoms with E-state index in [0.29, 0.717) is 10.0 Å². The van der Waals surface area contributed by atoms with Crippen LogP contribution in [0.4, 0.5) is 0 Å². The van der Waals surface area contributed by atoms with E-state index in [-0.39, 0.29) is 43.1 Å². The summed E-state index contributed by atoms with van der Waals surface area (Å²) in [6, 6.07) is 0. The Bertz CT molecular complexity index is 809. The Labute approximate surface area is 173 Å². The van der Waals surface area contributed by atoms with Gasteiger partial charge in [0, 0.05) is 0 Å². The molecule has 11 heteroatoms. The van der Waals surface area contributed by atoms with Gasteiger partial charge >= 0.3 is 8.17 Å². The van der Waals surface area contributed by atoms with E-state index >= 15 is 0 Å². The number of fused-ring (bicyclic) bond motifs is 2. The van der Waals surface area contributed by atoms with Crippen LogP contribution in [-0.2, 0) is 0 Å². The minimum Gasteiger partial charge on any atom is -0.235 e. The first-order valence-electron chi connectivity index (χ1n) is 6.68. The van der Waals surface area contributed by atoms with E-state index in [9.17, 15) is 0 Å². The van der Waals surface area contributed by atoms with Gasteiger partial charge in [-0.3, -0.25) is 0 Å². The van der Waals surface area contributed by atoms with Crippen LogP contribution in [0.25, 0.3) is 0 Å². The van der Waals surface area contributed by atoms with Gasteiger partial charge in [0.05, 0.1) is 20.1 Å². The van der Waals surface area contributed by atoms with Crippen LogP contribution in [0.15, 0.2) is 0 Å². The summed E-state index contributed by atoms with van der Waals surface area (Å²) in [7, 11) is -3.40. The van der Waals surface area contributed by atoms with E-state index in [2.05, 4.69) is 0 Å². The first kappa shape index (κ1) is 18.2. The maximum absolute atomic E-state index is 6.35. The fourth-order valence-electron chi connectivity index (χ4n) is 2.35. The van der Waals surface area contributed by atoms with Crippen LogP contribution in [0.3, 0.4) is 0 Å². The summed E-state index contributed by atoms with van der Waals surface area (Å²) in [6.45, 7) is 3.63. The topological polar surface area (TPSA) is 36.9 Å². The summed E-state index contributed by atoms with van der Waals surface area (Å²) < 4.78 is 23.1. The summed E-state index contributed by atoms with van der Waals surface area (Å²) >= 11 is 37.1. The van der Waals surface area contributed by atoms with Gasteiger partial charge in [-0.25, -0.2) is 18.1 Å². The van der Waals surface area contributed by atoms with Gasteiger partial charge in [0.1, 0.15) is 10.0 Å². The summed E-state index contributed by atoms with van der Waals surface area (Å²) in [5.74, 6) is 0.645. The van der Waals surface area contributed by atoms with Crippen molar-refractivity contribution in [3.05, 3.63) is 41.3 Å². The van der Waals surface area contributed by atoms with Crippen molar-refractivity contribution in [1.29, 1.82) is 0 Å². The zero-order valence-corrected chi connectivity index (χ0v) is 17.8. The smallest absolute Gasteiger partial charge is 0.235 e. The molecule has 0 aliphatic carbocycles. The molecule has 0 bridgehead atoms. The molecule has 2 heterocycles. The molecule has 4 rings (SSSR count). The van der Waals surface area contributed by atoms with Crippen molar-refractivity contribution in [2.24, 2.45) is 0 Å². The van der Waals surface area contributed by atoms with Crippen LogP contribution >= 0.6 is 77.8 Å². The number of halogens is 6. The molecule has 25 heavy (non-hydrogen) atoms. The molecular weight excluding hydrogens is 476 g/mol. The summed E-state index contributed by atoms with van der Waals surface area (Å²) in [6.07, 6.45) is 0. The van der Waals surface area contributed by atoms with Crippen molar-refractivity contribution in [2.75, 3.05) is 0 Å². The van der Waals surface area contributed by atoms with E-state index in [4.69, 9.17) is 87.7 Å². The Kier molecular flexibility index (Phi) is 4.29. The molecule has 0 unspecified atom stereocenters. The van der Waals surface area contributed by atoms with E-state index < -0.39 is 8.17 Å². The molecule has 1 spiro atoms. The van der Waals surface area contributed by atoms with E-state index in [1.165, 1.54) is 0 Å². The first-order valence-corrected chi connectivity index (χ1v) is 10.4. The molecule has 0 fully saturated rings. The second-order valence-corrected chi connectivity index (χ2v) is 9.16. The summed E-state index contributed by atoms with van der Waals surface area (Å²) in [4.78, 5) is 0. The van der Waals surface area contributed by atoms with Gasteiger partial charge in [-0.05, 0) is 25.0 Å². The molecule has 0 atom stereocenters. The number of rotatable bonds is 0. The Balaban J connectivity index is 1.83. The van der Waals surface area contributed by atoms with Crippen LogP contribution in [0.2, 0.25) is 30.1 Å². The standard InChI is InChI=1S/C14H6Cl6O4P/c1-3-4(2)6(16)12-11(5(3)15)21-25(22-12)23-13-9(19)7(17)8(18)10(20)14(13)24-25/h1-2H3/q+1. The Morgan fingerprint density at radius 2 is 0.760 bits per heavy atom. The van der Waals surface area contributed by atoms with Crippen LogP contribution < -0.4 is 18.1 Å². The molecule has 2 aliphatic heterocycles. The highest BCUT2D eigenvalue weighted by molar-refractivity contribution is 7.58. The van der Waals surface area contributed by atoms with Gasteiger partial charge in [0.15, 0.2) is 0 Å². The minimum absolute atomic E-state index is 0.0372. The lowest BCUT2D eigenvalue weighted by molar-refractivity contribution is 0.333. The number of hydrogen-bond acceptors (Lipinski definition) is 4. The predicted octanol–water partition coefficient (Wildman–Crippen LogP) is 8.14. The Hall–Kier alpha value is -0.190. The van der Waals surface area contributed by atoms with E-state index in [1.54, 1.807) is 0 Å². The molecule has 2 aromatic carbocycles. The molecule has 0 amide bonds. The van der Waals surface area contributed by atoms with Gasteiger partial charge < -0.3 is 0 Å². The fourth-order valence-corrected chi connectivity index (χ4v) is 5.80. The first-order chi connectivity index (χ1) is 11.7. The number of hydrogen-bond donors (Lipinski definition) is 0. The van der Waals surface area contributed by atoms with Gasteiger partial charge in [-0.15, -0.1) is 0 Å². The average molecular weight is 482 g/mol. The van der Waals surface area contributed by atoms with E-state index in [0.717, 1.165) is 11.1 Å². The summed E-state index contributed by atoms with van der Waals surface area (Å²) in [5, 5.41) is 0.854. The Morgan fingerprint density at radius 3 is 1.08 bits per heavy atom. The molecule has 0 aromatic heterocycles. The molecule has 4 nitrogen and oxygen atoms in total. The van der Waals surface area contributed by atoms with Crippen molar-refractivity contribution in [2.45, 2.75) is 13.8 Å². The summed E-state index contributed by atoms with van der Waals surface area (Å²) in [5.41, 5.74) is 1.51. The van der Waals surface area contributed by atoms with Gasteiger partial charge in [-0.2, -0.15) is 0 Å². The molecule has 132 valence electrons. The zero-order valence-electron chi connectivity index (χ0n) is 12.3. The van der Waals surface area contributed by atoms with E-state index in [1.807, 2.05) is 13.8 Å². The highest BCUT2D eigenvalue weighted by Gasteiger charge is 2.69. The lowest BCUT2D eigenvalue weighted by Gasteiger charge is -2.05. The lowest BCUT2D eigenvalue weighted by atomic mass is 10.1. The number of benzene rings is 2. The molecule has 2 aromatic rings. The van der Waals surface area contributed by atoms with Crippen molar-refractivity contribution in [1.82, 2.24) is 0 Å². The molecule has 0 radical (unpaired) electrons. The highest BCUT2D eigenvalue weighted by Crippen LogP contribution is 2.76. The highest BCUT2D eigenvalue weighted by atomic mass is 35.5. The second kappa shape index (κ2) is 5.90. The van der Waals surface area contributed by atoms with Gasteiger partial charge in [0.2, 0.25) is 0 Å². The quantitative estimate of drug-likeness (QED) is 0.216.